The van der Waals surface area contributed by atoms with Gasteiger partial charge in [0.05, 0.1) is 5.56 Å². The zero-order valence-electron chi connectivity index (χ0n) is 10.8. The number of halogens is 2. The maximum atomic E-state index is 13.1. The molecule has 1 rings (SSSR count). The summed E-state index contributed by atoms with van der Waals surface area (Å²) in [5.41, 5.74) is -0.586. The van der Waals surface area contributed by atoms with E-state index in [1.165, 1.54) is 12.1 Å². The third-order valence-corrected chi connectivity index (χ3v) is 3.25. The zero-order valence-corrected chi connectivity index (χ0v) is 12.4. The first-order chi connectivity index (χ1) is 8.62. The largest absolute Gasteiger partial charge is 0.480 e. The third-order valence-electron chi connectivity index (χ3n) is 2.56. The van der Waals surface area contributed by atoms with Gasteiger partial charge in [0.1, 0.15) is 11.9 Å². The van der Waals surface area contributed by atoms with Crippen LogP contribution in [0.4, 0.5) is 4.39 Å². The fourth-order valence-corrected chi connectivity index (χ4v) is 1.96. The Morgan fingerprint density at radius 2 is 1.95 bits per heavy atom. The molecule has 19 heavy (non-hydrogen) atoms. The Morgan fingerprint density at radius 1 is 1.37 bits per heavy atom. The van der Waals surface area contributed by atoms with Crippen molar-refractivity contribution in [2.45, 2.75) is 26.8 Å². The first-order valence-electron chi connectivity index (χ1n) is 5.61. The molecule has 1 amide bonds. The lowest BCUT2D eigenvalue weighted by Gasteiger charge is -2.27. The molecule has 1 aromatic carbocycles. The molecule has 0 aliphatic heterocycles. The molecule has 0 saturated carbocycles. The van der Waals surface area contributed by atoms with Crippen LogP contribution < -0.4 is 5.32 Å². The Bertz CT molecular complexity index is 511. The van der Waals surface area contributed by atoms with Crippen molar-refractivity contribution >= 4 is 27.8 Å². The number of carbonyl (C=O) groups is 2. The highest BCUT2D eigenvalue weighted by Gasteiger charge is 2.33. The Hall–Kier alpha value is -1.43. The summed E-state index contributed by atoms with van der Waals surface area (Å²) < 4.78 is 13.5. The zero-order chi connectivity index (χ0) is 14.8. The smallest absolute Gasteiger partial charge is 0.326 e. The molecule has 0 aliphatic carbocycles. The van der Waals surface area contributed by atoms with Crippen LogP contribution in [0.2, 0.25) is 0 Å². The fourth-order valence-electron chi connectivity index (χ4n) is 1.53. The van der Waals surface area contributed by atoms with E-state index in [-0.39, 0.29) is 5.56 Å². The highest BCUT2D eigenvalue weighted by Crippen LogP contribution is 2.22. The highest BCUT2D eigenvalue weighted by atomic mass is 79.9. The second-order valence-corrected chi connectivity index (χ2v) is 6.09. The molecule has 0 heterocycles. The van der Waals surface area contributed by atoms with Crippen LogP contribution in [0.15, 0.2) is 22.7 Å². The quantitative estimate of drug-likeness (QED) is 0.894. The van der Waals surface area contributed by atoms with Crippen LogP contribution in [0.25, 0.3) is 0 Å². The minimum Gasteiger partial charge on any atom is -0.480 e. The minimum atomic E-state index is -1.13. The van der Waals surface area contributed by atoms with Crippen molar-refractivity contribution in [2.75, 3.05) is 0 Å². The first-order valence-corrected chi connectivity index (χ1v) is 6.41. The summed E-state index contributed by atoms with van der Waals surface area (Å²) >= 11 is 3.13. The van der Waals surface area contributed by atoms with Crippen LogP contribution in [0.5, 0.6) is 0 Å². The van der Waals surface area contributed by atoms with Gasteiger partial charge in [-0.1, -0.05) is 20.8 Å². The topological polar surface area (TPSA) is 66.4 Å². The minimum absolute atomic E-state index is 0.0653. The summed E-state index contributed by atoms with van der Waals surface area (Å²) in [6.45, 7) is 5.10. The van der Waals surface area contributed by atoms with Crippen LogP contribution in [-0.4, -0.2) is 23.0 Å². The molecule has 1 aromatic rings. The molecular weight excluding hydrogens is 317 g/mol. The summed E-state index contributed by atoms with van der Waals surface area (Å²) in [7, 11) is 0. The Kier molecular flexibility index (Phi) is 4.68. The van der Waals surface area contributed by atoms with Crippen molar-refractivity contribution in [3.63, 3.8) is 0 Å². The molecule has 2 N–H and O–H groups in total. The number of aliphatic carboxylic acids is 1. The van der Waals surface area contributed by atoms with Gasteiger partial charge in [0.25, 0.3) is 5.91 Å². The molecule has 1 unspecified atom stereocenters. The van der Waals surface area contributed by atoms with Crippen LogP contribution in [0.3, 0.4) is 0 Å². The third kappa shape index (κ3) is 4.02. The number of carboxylic acid groups (broad SMARTS) is 1. The molecule has 0 aromatic heterocycles. The number of benzene rings is 1. The normalized spacial score (nSPS) is 12.9. The average Bonchev–Trinajstić information content (AvgIpc) is 2.26. The summed E-state index contributed by atoms with van der Waals surface area (Å²) in [6.07, 6.45) is 0. The van der Waals surface area contributed by atoms with E-state index in [4.69, 9.17) is 5.11 Å². The highest BCUT2D eigenvalue weighted by molar-refractivity contribution is 9.10. The van der Waals surface area contributed by atoms with E-state index in [1.807, 2.05) is 0 Å². The number of rotatable bonds is 3. The molecule has 0 fully saturated rings. The second kappa shape index (κ2) is 5.69. The van der Waals surface area contributed by atoms with Gasteiger partial charge in [0.2, 0.25) is 0 Å². The van der Waals surface area contributed by atoms with E-state index in [1.54, 1.807) is 20.8 Å². The van der Waals surface area contributed by atoms with Gasteiger partial charge < -0.3 is 10.4 Å². The lowest BCUT2D eigenvalue weighted by Crippen LogP contribution is -2.49. The monoisotopic (exact) mass is 331 g/mol. The van der Waals surface area contributed by atoms with E-state index in [0.717, 1.165) is 6.07 Å². The molecule has 104 valence electrons. The Morgan fingerprint density at radius 3 is 2.42 bits per heavy atom. The van der Waals surface area contributed by atoms with Gasteiger partial charge in [0.15, 0.2) is 0 Å². The number of carboxylic acids is 1. The standard InChI is InChI=1S/C13H15BrFNO3/c1-13(2,3)10(12(18)19)16-11(17)8-6-7(15)4-5-9(8)14/h4-6,10H,1-3H3,(H,16,17)(H,18,19). The van der Waals surface area contributed by atoms with Gasteiger partial charge in [-0.2, -0.15) is 0 Å². The first kappa shape index (κ1) is 15.6. The lowest BCUT2D eigenvalue weighted by atomic mass is 9.86. The van der Waals surface area contributed by atoms with E-state index in [2.05, 4.69) is 21.2 Å². The predicted molar refractivity (Wildman–Crippen MR) is 72.4 cm³/mol. The molecule has 1 atom stereocenters. The molecule has 0 radical (unpaired) electrons. The number of amides is 1. The number of hydrogen-bond donors (Lipinski definition) is 2. The molecule has 0 bridgehead atoms. The molecule has 0 aliphatic rings. The lowest BCUT2D eigenvalue weighted by molar-refractivity contribution is -0.142. The van der Waals surface area contributed by atoms with Crippen LogP contribution in [0, 0.1) is 11.2 Å². The SMILES string of the molecule is CC(C)(C)C(NC(=O)c1cc(F)ccc1Br)C(=O)O. The summed E-state index contributed by atoms with van der Waals surface area (Å²) in [5, 5.41) is 11.5. The number of nitrogens with one attached hydrogen (secondary N) is 1. The summed E-state index contributed by atoms with van der Waals surface area (Å²) in [6, 6.07) is 2.60. The van der Waals surface area contributed by atoms with E-state index in [0.29, 0.717) is 4.47 Å². The van der Waals surface area contributed by atoms with E-state index < -0.39 is 29.2 Å². The van der Waals surface area contributed by atoms with Crippen LogP contribution in [-0.2, 0) is 4.79 Å². The van der Waals surface area contributed by atoms with Gasteiger partial charge in [-0.15, -0.1) is 0 Å². The van der Waals surface area contributed by atoms with E-state index >= 15 is 0 Å². The van der Waals surface area contributed by atoms with Crippen molar-refractivity contribution in [1.29, 1.82) is 0 Å². The van der Waals surface area contributed by atoms with Crippen molar-refractivity contribution in [1.82, 2.24) is 5.32 Å². The van der Waals surface area contributed by atoms with Gasteiger partial charge >= 0.3 is 5.97 Å². The molecule has 0 saturated heterocycles. The Balaban J connectivity index is 3.01. The number of hydrogen-bond acceptors (Lipinski definition) is 2. The summed E-state index contributed by atoms with van der Waals surface area (Å²) in [5.74, 6) is -2.32. The molecule has 6 heteroatoms. The van der Waals surface area contributed by atoms with Gasteiger partial charge in [0, 0.05) is 4.47 Å². The molecule has 4 nitrogen and oxygen atoms in total. The van der Waals surface area contributed by atoms with Gasteiger partial charge in [-0.3, -0.25) is 4.79 Å². The van der Waals surface area contributed by atoms with Gasteiger partial charge in [-0.05, 0) is 39.5 Å². The van der Waals surface area contributed by atoms with E-state index in [9.17, 15) is 14.0 Å². The van der Waals surface area contributed by atoms with Crippen molar-refractivity contribution in [3.8, 4) is 0 Å². The average molecular weight is 332 g/mol. The maximum Gasteiger partial charge on any atom is 0.326 e. The second-order valence-electron chi connectivity index (χ2n) is 5.23. The fraction of sp³-hybridized carbons (Fsp3) is 0.385. The van der Waals surface area contributed by atoms with Crippen LogP contribution >= 0.6 is 15.9 Å². The number of carbonyl (C=O) groups excluding carboxylic acids is 1. The van der Waals surface area contributed by atoms with Crippen LogP contribution in [0.1, 0.15) is 31.1 Å². The van der Waals surface area contributed by atoms with Crippen molar-refractivity contribution < 1.29 is 19.1 Å². The van der Waals surface area contributed by atoms with Gasteiger partial charge in [-0.25, -0.2) is 9.18 Å². The maximum absolute atomic E-state index is 13.1. The Labute approximate surface area is 119 Å². The molecular formula is C13H15BrFNO3. The van der Waals surface area contributed by atoms with Crippen molar-refractivity contribution in [2.24, 2.45) is 5.41 Å². The predicted octanol–water partition coefficient (Wildman–Crippen LogP) is 2.82. The summed E-state index contributed by atoms with van der Waals surface area (Å²) in [4.78, 5) is 23.2. The van der Waals surface area contributed by atoms with Crippen molar-refractivity contribution in [3.05, 3.63) is 34.1 Å². The molecule has 0 spiro atoms.